The van der Waals surface area contributed by atoms with Gasteiger partial charge < -0.3 is 33.2 Å². The predicted molar refractivity (Wildman–Crippen MR) is 142 cm³/mol. The molecule has 3 amide bonds. The number of hydrogen-bond donors (Lipinski definition) is 9. The average Bonchev–Trinajstić information content (AvgIpc) is 2.78. The van der Waals surface area contributed by atoms with Gasteiger partial charge in [-0.05, 0) is 24.6 Å². The zero-order chi connectivity index (χ0) is 27.3. The number of para-hydroxylation sites is 1. The van der Waals surface area contributed by atoms with Gasteiger partial charge in [0.2, 0.25) is 17.7 Å². The summed E-state index contributed by atoms with van der Waals surface area (Å²) in [6.07, 6.45) is -0.0877. The Hall–Kier alpha value is -4.74. The van der Waals surface area contributed by atoms with Gasteiger partial charge in [0.25, 0.3) is 0 Å². The predicted octanol–water partition coefficient (Wildman–Crippen LogP) is 1.03. The summed E-state index contributed by atoms with van der Waals surface area (Å²) >= 11 is 0. The normalized spacial score (nSPS) is 9.14. The summed E-state index contributed by atoms with van der Waals surface area (Å²) in [6, 6.07) is 18.6. The van der Waals surface area contributed by atoms with Crippen LogP contribution in [-0.2, 0) is 20.9 Å². The summed E-state index contributed by atoms with van der Waals surface area (Å²) in [6.45, 7) is 2.89. The van der Waals surface area contributed by atoms with Gasteiger partial charge in [-0.25, -0.2) is 0 Å². The van der Waals surface area contributed by atoms with Crippen molar-refractivity contribution in [1.29, 1.82) is 16.2 Å². The summed E-state index contributed by atoms with van der Waals surface area (Å²) in [5, 5.41) is 28.4. The molecule has 194 valence electrons. The van der Waals surface area contributed by atoms with Gasteiger partial charge in [-0.2, -0.15) is 0 Å². The number of rotatable bonds is 10. The summed E-state index contributed by atoms with van der Waals surface area (Å²) in [7, 11) is 0. The monoisotopic (exact) mass is 497 g/mol. The van der Waals surface area contributed by atoms with E-state index in [1.807, 2.05) is 55.5 Å². The van der Waals surface area contributed by atoms with Crippen molar-refractivity contribution < 1.29 is 14.4 Å². The highest BCUT2D eigenvalue weighted by molar-refractivity contribution is 6.03. The van der Waals surface area contributed by atoms with Gasteiger partial charge in [-0.15, -0.1) is 0 Å². The van der Waals surface area contributed by atoms with E-state index in [-0.39, 0.29) is 54.5 Å². The molecule has 2 rings (SSSR count). The Morgan fingerprint density at radius 2 is 1.08 bits per heavy atom. The van der Waals surface area contributed by atoms with Crippen LogP contribution >= 0.6 is 0 Å². The molecule has 0 atom stereocenters. The van der Waals surface area contributed by atoms with Crippen LogP contribution < -0.4 is 33.2 Å². The Kier molecular flexibility index (Phi) is 16.2. The first kappa shape index (κ1) is 31.3. The Morgan fingerprint density at radius 1 is 0.667 bits per heavy atom. The zero-order valence-electron chi connectivity index (χ0n) is 20.3. The minimum Gasteiger partial charge on any atom is -0.387 e. The van der Waals surface area contributed by atoms with Gasteiger partial charge in [-0.3, -0.25) is 30.6 Å². The number of nitrogens with two attached hydrogens (primary N) is 3. The first-order valence-electron chi connectivity index (χ1n) is 10.9. The van der Waals surface area contributed by atoms with Crippen molar-refractivity contribution >= 4 is 40.9 Å². The molecule has 0 saturated heterocycles. The lowest BCUT2D eigenvalue weighted by Gasteiger charge is -2.03. The van der Waals surface area contributed by atoms with E-state index in [0.29, 0.717) is 18.8 Å². The van der Waals surface area contributed by atoms with Crippen LogP contribution in [0.4, 0.5) is 5.69 Å². The molecule has 0 aliphatic rings. The SMILES string of the molecule is CCNC(=O)CC(=N)N.N=C(N)CC(=O)NCc1ccccc1.N=C(N)CC(=O)Nc1ccccc1. The van der Waals surface area contributed by atoms with Crippen LogP contribution in [0.3, 0.4) is 0 Å². The second kappa shape index (κ2) is 18.7. The molecule has 0 heterocycles. The van der Waals surface area contributed by atoms with Gasteiger partial charge >= 0.3 is 0 Å². The molecule has 0 radical (unpaired) electrons. The maximum atomic E-state index is 11.1. The van der Waals surface area contributed by atoms with E-state index in [9.17, 15) is 14.4 Å². The van der Waals surface area contributed by atoms with E-state index in [1.54, 1.807) is 12.1 Å². The third kappa shape index (κ3) is 18.8. The second-order valence-corrected chi connectivity index (χ2v) is 7.24. The van der Waals surface area contributed by atoms with Crippen molar-refractivity contribution in [1.82, 2.24) is 10.6 Å². The first-order chi connectivity index (χ1) is 17.0. The van der Waals surface area contributed by atoms with Gasteiger partial charge in [0.15, 0.2) is 0 Å². The van der Waals surface area contributed by atoms with Crippen molar-refractivity contribution in [3.05, 3.63) is 66.2 Å². The Balaban J connectivity index is 0.000000524. The molecule has 2 aromatic rings. The lowest BCUT2D eigenvalue weighted by atomic mass is 10.2. The summed E-state index contributed by atoms with van der Waals surface area (Å²) in [4.78, 5) is 32.7. The number of carbonyl (C=O) groups is 3. The molecule has 12 heteroatoms. The number of nitrogens with one attached hydrogen (secondary N) is 6. The molecule has 0 unspecified atom stereocenters. The van der Waals surface area contributed by atoms with Crippen LogP contribution in [0.1, 0.15) is 31.7 Å². The first-order valence-corrected chi connectivity index (χ1v) is 10.9. The molecule has 2 aromatic carbocycles. The van der Waals surface area contributed by atoms with Crippen molar-refractivity contribution in [3.8, 4) is 0 Å². The van der Waals surface area contributed by atoms with Crippen molar-refractivity contribution in [3.63, 3.8) is 0 Å². The maximum Gasteiger partial charge on any atom is 0.231 e. The third-order valence-electron chi connectivity index (χ3n) is 3.82. The van der Waals surface area contributed by atoms with Crippen LogP contribution in [0.25, 0.3) is 0 Å². The van der Waals surface area contributed by atoms with Crippen molar-refractivity contribution in [2.24, 2.45) is 17.2 Å². The minimum absolute atomic E-state index is 0.00778. The van der Waals surface area contributed by atoms with Gasteiger partial charge in [0.05, 0.1) is 30.9 Å². The van der Waals surface area contributed by atoms with Crippen LogP contribution in [0.2, 0.25) is 0 Å². The number of benzene rings is 2. The van der Waals surface area contributed by atoms with Crippen molar-refractivity contribution in [2.45, 2.75) is 32.7 Å². The highest BCUT2D eigenvalue weighted by atomic mass is 16.2. The van der Waals surface area contributed by atoms with E-state index in [0.717, 1.165) is 5.56 Å². The van der Waals surface area contributed by atoms with Gasteiger partial charge in [0.1, 0.15) is 5.84 Å². The molecule has 12 nitrogen and oxygen atoms in total. The van der Waals surface area contributed by atoms with E-state index in [4.69, 9.17) is 33.4 Å². The van der Waals surface area contributed by atoms with Crippen LogP contribution in [0.15, 0.2) is 60.7 Å². The zero-order valence-corrected chi connectivity index (χ0v) is 20.3. The lowest BCUT2D eigenvalue weighted by Crippen LogP contribution is -2.27. The van der Waals surface area contributed by atoms with E-state index in [1.165, 1.54) is 0 Å². The Labute approximate surface area is 210 Å². The Morgan fingerprint density at radius 3 is 1.53 bits per heavy atom. The minimum atomic E-state index is -0.265. The molecule has 36 heavy (non-hydrogen) atoms. The second-order valence-electron chi connectivity index (χ2n) is 7.24. The molecular formula is C24H35N9O3. The Bertz CT molecular complexity index is 996. The maximum absolute atomic E-state index is 11.1. The molecule has 0 aromatic heterocycles. The third-order valence-corrected chi connectivity index (χ3v) is 3.82. The van der Waals surface area contributed by atoms with E-state index in [2.05, 4.69) is 16.0 Å². The van der Waals surface area contributed by atoms with Gasteiger partial charge in [-0.1, -0.05) is 48.5 Å². The van der Waals surface area contributed by atoms with E-state index >= 15 is 0 Å². The number of hydrogen-bond acceptors (Lipinski definition) is 6. The lowest BCUT2D eigenvalue weighted by molar-refractivity contribution is -0.120. The smallest absolute Gasteiger partial charge is 0.231 e. The molecule has 12 N–H and O–H groups in total. The van der Waals surface area contributed by atoms with Crippen molar-refractivity contribution in [2.75, 3.05) is 11.9 Å². The summed E-state index contributed by atoms with van der Waals surface area (Å²) < 4.78 is 0. The highest BCUT2D eigenvalue weighted by Crippen LogP contribution is 2.04. The van der Waals surface area contributed by atoms with Crippen LogP contribution in [0.5, 0.6) is 0 Å². The molecule has 0 fully saturated rings. The van der Waals surface area contributed by atoms with Gasteiger partial charge in [0, 0.05) is 18.8 Å². The average molecular weight is 498 g/mol. The number of anilines is 1. The summed E-state index contributed by atoms with van der Waals surface area (Å²) in [5.74, 6) is -1.02. The molecule has 0 aliphatic heterocycles. The fourth-order valence-corrected chi connectivity index (χ4v) is 2.36. The molecule has 0 spiro atoms. The molecule has 0 saturated carbocycles. The van der Waals surface area contributed by atoms with Crippen LogP contribution in [-0.4, -0.2) is 41.8 Å². The topological polar surface area (TPSA) is 237 Å². The molecule has 0 bridgehead atoms. The number of amidine groups is 3. The van der Waals surface area contributed by atoms with Crippen LogP contribution in [0, 0.1) is 16.2 Å². The number of amides is 3. The fourth-order valence-electron chi connectivity index (χ4n) is 2.36. The number of carbonyl (C=O) groups excluding carboxylic acids is 3. The quantitative estimate of drug-likeness (QED) is 0.171. The molecular weight excluding hydrogens is 462 g/mol. The summed E-state index contributed by atoms with van der Waals surface area (Å²) in [5.41, 5.74) is 16.8. The van der Waals surface area contributed by atoms with E-state index < -0.39 is 0 Å². The largest absolute Gasteiger partial charge is 0.387 e. The standard InChI is InChI=1S/C10H13N3O.C9H11N3O.C5H11N3O/c11-9(12)6-10(14)13-7-8-4-2-1-3-5-8;10-8(11)6-9(13)12-7-4-2-1-3-5-7;1-2-8-5(9)3-4(6)7/h1-5H,6-7H2,(H3,11,12)(H,13,14);1-5H,6H2,(H3,10,11)(H,12,13);2-3H2,1H3,(H3,6,7)(H,8,9). The highest BCUT2D eigenvalue weighted by Gasteiger charge is 2.03. The molecule has 0 aliphatic carbocycles. The fraction of sp³-hybridized carbons (Fsp3) is 0.250.